The molecule has 0 aliphatic heterocycles. The maximum atomic E-state index is 11.6. The summed E-state index contributed by atoms with van der Waals surface area (Å²) in [6.07, 6.45) is 3.31. The monoisotopic (exact) mass is 201 g/mol. The fourth-order valence-corrected chi connectivity index (χ4v) is 3.00. The molecular weight excluding hydrogens is 190 g/mol. The summed E-state index contributed by atoms with van der Waals surface area (Å²) in [5.74, 6) is 0.571. The first kappa shape index (κ1) is 8.68. The van der Waals surface area contributed by atoms with Crippen molar-refractivity contribution in [3.05, 3.63) is 6.33 Å². The third-order valence-corrected chi connectivity index (χ3v) is 3.94. The highest BCUT2D eigenvalue weighted by molar-refractivity contribution is 7.91. The number of sulfone groups is 1. The lowest BCUT2D eigenvalue weighted by molar-refractivity contribution is 0.566. The minimum Gasteiger partial charge on any atom is -0.240 e. The van der Waals surface area contributed by atoms with Crippen molar-refractivity contribution >= 4 is 9.84 Å². The van der Waals surface area contributed by atoms with Crippen molar-refractivity contribution in [2.75, 3.05) is 5.75 Å². The molecule has 0 spiro atoms. The van der Waals surface area contributed by atoms with Crippen LogP contribution in [0.3, 0.4) is 0 Å². The van der Waals surface area contributed by atoms with E-state index in [1.807, 2.05) is 0 Å². The lowest BCUT2D eigenvalue weighted by Gasteiger charge is -2.00. The fourth-order valence-electron chi connectivity index (χ4n) is 1.24. The molecule has 6 heteroatoms. The highest BCUT2D eigenvalue weighted by Crippen LogP contribution is 2.31. The van der Waals surface area contributed by atoms with Crippen molar-refractivity contribution in [3.8, 4) is 0 Å². The van der Waals surface area contributed by atoms with Gasteiger partial charge in [0, 0.05) is 7.05 Å². The van der Waals surface area contributed by atoms with E-state index in [0.29, 0.717) is 5.92 Å². The normalized spacial score (nSPS) is 17.6. The van der Waals surface area contributed by atoms with Crippen LogP contribution in [0.25, 0.3) is 0 Å². The molecule has 1 fully saturated rings. The van der Waals surface area contributed by atoms with E-state index in [0.717, 1.165) is 12.8 Å². The van der Waals surface area contributed by atoms with Gasteiger partial charge in [0.25, 0.3) is 0 Å². The largest absolute Gasteiger partial charge is 0.245 e. The van der Waals surface area contributed by atoms with Gasteiger partial charge in [-0.3, -0.25) is 0 Å². The molecule has 0 amide bonds. The van der Waals surface area contributed by atoms with Crippen molar-refractivity contribution in [2.24, 2.45) is 13.0 Å². The molecule has 72 valence electrons. The second kappa shape index (κ2) is 2.80. The van der Waals surface area contributed by atoms with Crippen LogP contribution in [0, 0.1) is 5.92 Å². The highest BCUT2D eigenvalue weighted by atomic mass is 32.2. The first-order valence-electron chi connectivity index (χ1n) is 4.16. The summed E-state index contributed by atoms with van der Waals surface area (Å²) in [5, 5.41) is 3.82. The average molecular weight is 201 g/mol. The molecule has 0 aromatic carbocycles. The third kappa shape index (κ3) is 1.72. The summed E-state index contributed by atoms with van der Waals surface area (Å²) >= 11 is 0. The molecule has 13 heavy (non-hydrogen) atoms. The van der Waals surface area contributed by atoms with E-state index in [9.17, 15) is 8.42 Å². The molecule has 1 aromatic heterocycles. The van der Waals surface area contributed by atoms with Crippen molar-refractivity contribution < 1.29 is 8.42 Å². The standard InChI is InChI=1S/C7H11N3O2S/c1-10-7(8-5-9-10)13(11,12)4-6-2-3-6/h5-6H,2-4H2,1H3. The Morgan fingerprint density at radius 2 is 2.31 bits per heavy atom. The Labute approximate surface area is 76.7 Å². The van der Waals surface area contributed by atoms with Crippen molar-refractivity contribution in [1.29, 1.82) is 0 Å². The van der Waals surface area contributed by atoms with Gasteiger partial charge in [0.05, 0.1) is 5.75 Å². The van der Waals surface area contributed by atoms with Gasteiger partial charge in [0.2, 0.25) is 15.0 Å². The Morgan fingerprint density at radius 1 is 1.62 bits per heavy atom. The molecule has 2 rings (SSSR count). The lowest BCUT2D eigenvalue weighted by Crippen LogP contribution is -2.14. The number of aryl methyl sites for hydroxylation is 1. The lowest BCUT2D eigenvalue weighted by atomic mass is 10.5. The number of aromatic nitrogens is 3. The Hall–Kier alpha value is -0.910. The molecule has 0 atom stereocenters. The molecule has 0 bridgehead atoms. The minimum atomic E-state index is -3.20. The van der Waals surface area contributed by atoms with Gasteiger partial charge in [-0.05, 0) is 18.8 Å². The van der Waals surface area contributed by atoms with Gasteiger partial charge in [0.15, 0.2) is 0 Å². The van der Waals surface area contributed by atoms with Gasteiger partial charge in [-0.25, -0.2) is 18.1 Å². The van der Waals surface area contributed by atoms with Crippen LogP contribution in [-0.4, -0.2) is 28.9 Å². The van der Waals surface area contributed by atoms with Gasteiger partial charge in [0.1, 0.15) is 6.33 Å². The van der Waals surface area contributed by atoms with E-state index in [2.05, 4.69) is 10.1 Å². The third-order valence-electron chi connectivity index (χ3n) is 2.10. The Bertz CT molecular complexity index is 405. The maximum Gasteiger partial charge on any atom is 0.245 e. The summed E-state index contributed by atoms with van der Waals surface area (Å²) in [4.78, 5) is 3.73. The molecule has 1 aromatic rings. The molecule has 0 unspecified atom stereocenters. The molecule has 5 nitrogen and oxygen atoms in total. The van der Waals surface area contributed by atoms with Crippen LogP contribution >= 0.6 is 0 Å². The Morgan fingerprint density at radius 3 is 2.77 bits per heavy atom. The molecule has 1 aliphatic rings. The molecule has 1 heterocycles. The Balaban J connectivity index is 2.28. The maximum absolute atomic E-state index is 11.6. The van der Waals surface area contributed by atoms with Crippen LogP contribution in [0.2, 0.25) is 0 Å². The second-order valence-electron chi connectivity index (χ2n) is 3.39. The average Bonchev–Trinajstić information content (AvgIpc) is 2.69. The van der Waals surface area contributed by atoms with E-state index >= 15 is 0 Å². The van der Waals surface area contributed by atoms with Crippen molar-refractivity contribution in [3.63, 3.8) is 0 Å². The number of hydrogen-bond acceptors (Lipinski definition) is 4. The predicted molar refractivity (Wildman–Crippen MR) is 45.8 cm³/mol. The quantitative estimate of drug-likeness (QED) is 0.690. The predicted octanol–water partition coefficient (Wildman–Crippen LogP) is -0.00120. The van der Waals surface area contributed by atoms with Gasteiger partial charge >= 0.3 is 0 Å². The Kier molecular flexibility index (Phi) is 1.87. The zero-order valence-electron chi connectivity index (χ0n) is 7.34. The summed E-state index contributed by atoms with van der Waals surface area (Å²) in [6.45, 7) is 0. The van der Waals surface area contributed by atoms with Crippen LogP contribution in [0.15, 0.2) is 11.5 Å². The van der Waals surface area contributed by atoms with E-state index in [1.165, 1.54) is 11.0 Å². The molecule has 1 saturated carbocycles. The van der Waals surface area contributed by atoms with Crippen LogP contribution in [0.4, 0.5) is 0 Å². The van der Waals surface area contributed by atoms with Crippen LogP contribution < -0.4 is 0 Å². The van der Waals surface area contributed by atoms with Crippen LogP contribution in [-0.2, 0) is 16.9 Å². The summed E-state index contributed by atoms with van der Waals surface area (Å²) in [5.41, 5.74) is 0. The smallest absolute Gasteiger partial charge is 0.240 e. The minimum absolute atomic E-state index is 0.0828. The number of rotatable bonds is 3. The topological polar surface area (TPSA) is 64.8 Å². The highest BCUT2D eigenvalue weighted by Gasteiger charge is 2.31. The fraction of sp³-hybridized carbons (Fsp3) is 0.714. The van der Waals surface area contributed by atoms with Gasteiger partial charge in [-0.2, -0.15) is 5.10 Å². The van der Waals surface area contributed by atoms with E-state index in [-0.39, 0.29) is 10.9 Å². The van der Waals surface area contributed by atoms with Crippen LogP contribution in [0.5, 0.6) is 0 Å². The first-order chi connectivity index (χ1) is 6.09. The zero-order chi connectivity index (χ0) is 9.47. The molecule has 0 radical (unpaired) electrons. The number of nitrogens with zero attached hydrogens (tertiary/aromatic N) is 3. The van der Waals surface area contributed by atoms with E-state index < -0.39 is 9.84 Å². The summed E-state index contributed by atoms with van der Waals surface area (Å²) < 4.78 is 24.6. The molecule has 0 saturated heterocycles. The van der Waals surface area contributed by atoms with Crippen molar-refractivity contribution in [1.82, 2.24) is 14.8 Å². The summed E-state index contributed by atoms with van der Waals surface area (Å²) in [7, 11) is -1.60. The second-order valence-corrected chi connectivity index (χ2v) is 5.32. The molecule has 0 N–H and O–H groups in total. The van der Waals surface area contributed by atoms with Crippen LogP contribution in [0.1, 0.15) is 12.8 Å². The summed E-state index contributed by atoms with van der Waals surface area (Å²) in [6, 6.07) is 0. The molecular formula is C7H11N3O2S. The van der Waals surface area contributed by atoms with Gasteiger partial charge in [-0.15, -0.1) is 0 Å². The van der Waals surface area contributed by atoms with Gasteiger partial charge < -0.3 is 0 Å². The molecule has 1 aliphatic carbocycles. The van der Waals surface area contributed by atoms with Crippen molar-refractivity contribution in [2.45, 2.75) is 18.0 Å². The van der Waals surface area contributed by atoms with Gasteiger partial charge in [-0.1, -0.05) is 0 Å². The van der Waals surface area contributed by atoms with E-state index in [4.69, 9.17) is 0 Å². The number of hydrogen-bond donors (Lipinski definition) is 0. The van der Waals surface area contributed by atoms with E-state index in [1.54, 1.807) is 7.05 Å². The zero-order valence-corrected chi connectivity index (χ0v) is 8.16. The first-order valence-corrected chi connectivity index (χ1v) is 5.81. The SMILES string of the molecule is Cn1ncnc1S(=O)(=O)CC1CC1.